The number of thioether (sulfide) groups is 1. The van der Waals surface area contributed by atoms with Gasteiger partial charge in [0.2, 0.25) is 0 Å². The summed E-state index contributed by atoms with van der Waals surface area (Å²) in [5, 5.41) is 0. The maximum absolute atomic E-state index is 13.0. The van der Waals surface area contributed by atoms with Crippen molar-refractivity contribution in [3.8, 4) is 0 Å². The molecule has 1 aliphatic rings. The van der Waals surface area contributed by atoms with Crippen LogP contribution in [-0.2, 0) is 19.4 Å². The van der Waals surface area contributed by atoms with Crippen LogP contribution >= 0.6 is 23.1 Å². The van der Waals surface area contributed by atoms with E-state index in [2.05, 4.69) is 53.9 Å². The fourth-order valence-electron chi connectivity index (χ4n) is 3.82. The topological polar surface area (TPSA) is 34.4 Å². The minimum absolute atomic E-state index is 0.133. The van der Waals surface area contributed by atoms with Gasteiger partial charge in [-0.05, 0) is 92.3 Å². The van der Waals surface area contributed by atoms with E-state index in [1.165, 1.54) is 45.3 Å². The quantitative estimate of drug-likeness (QED) is 0.585. The molecule has 146 valence electrons. The molecule has 2 aromatic carbocycles. The number of amides is 1. The number of hydrogen-bond donors (Lipinski definition) is 0. The third-order valence-corrected chi connectivity index (χ3v) is 7.24. The largest absolute Gasteiger partial charge is 0.315 e. The Morgan fingerprint density at radius 1 is 1.11 bits per heavy atom. The lowest BCUT2D eigenvalue weighted by molar-refractivity contribution is 0.0997. The van der Waals surface area contributed by atoms with Gasteiger partial charge in [-0.15, -0.1) is 0 Å². The summed E-state index contributed by atoms with van der Waals surface area (Å²) in [4.78, 5) is 18.3. The molecule has 1 amide bonds. The fourth-order valence-corrected chi connectivity index (χ4v) is 5.32. The zero-order valence-corrected chi connectivity index (χ0v) is 18.4. The molecule has 0 bridgehead atoms. The molecule has 0 radical (unpaired) electrons. The number of rotatable bonds is 4. The second-order valence-corrected chi connectivity index (χ2v) is 9.54. The van der Waals surface area contributed by atoms with Crippen molar-refractivity contribution >= 4 is 39.2 Å². The molecule has 0 saturated carbocycles. The van der Waals surface area contributed by atoms with Crippen molar-refractivity contribution < 1.29 is 4.79 Å². The van der Waals surface area contributed by atoms with Crippen molar-refractivity contribution in [1.29, 1.82) is 0 Å². The average molecular weight is 411 g/mol. The molecule has 0 aliphatic heterocycles. The summed E-state index contributed by atoms with van der Waals surface area (Å²) in [6.45, 7) is 5.14. The number of thiazole rings is 1. The molecule has 28 heavy (non-hydrogen) atoms. The van der Waals surface area contributed by atoms with Gasteiger partial charge in [-0.25, -0.2) is 0 Å². The van der Waals surface area contributed by atoms with Crippen LogP contribution in [0.1, 0.15) is 45.5 Å². The third-order valence-electron chi connectivity index (χ3n) is 5.61. The first-order valence-electron chi connectivity index (χ1n) is 9.87. The van der Waals surface area contributed by atoms with Gasteiger partial charge in [0.05, 0.1) is 10.2 Å². The van der Waals surface area contributed by atoms with Crippen molar-refractivity contribution in [2.24, 2.45) is 4.99 Å². The van der Waals surface area contributed by atoms with Gasteiger partial charge in [0.15, 0.2) is 4.80 Å². The minimum atomic E-state index is -0.133. The van der Waals surface area contributed by atoms with E-state index in [0.29, 0.717) is 5.56 Å². The summed E-state index contributed by atoms with van der Waals surface area (Å²) in [5.74, 6) is 0.866. The molecule has 5 heteroatoms. The van der Waals surface area contributed by atoms with E-state index in [1.54, 1.807) is 11.3 Å². The molecule has 3 nitrogen and oxygen atoms in total. The predicted molar refractivity (Wildman–Crippen MR) is 121 cm³/mol. The maximum atomic E-state index is 13.0. The Kier molecular flexibility index (Phi) is 5.74. The Hall–Kier alpha value is -1.85. The molecule has 0 spiro atoms. The van der Waals surface area contributed by atoms with Crippen LogP contribution < -0.4 is 4.80 Å². The number of hydrogen-bond acceptors (Lipinski definition) is 3. The molecule has 3 aromatic rings. The van der Waals surface area contributed by atoms with Crippen molar-refractivity contribution in [3.05, 3.63) is 63.0 Å². The van der Waals surface area contributed by atoms with Crippen LogP contribution in [0.5, 0.6) is 0 Å². The van der Waals surface area contributed by atoms with Gasteiger partial charge in [-0.1, -0.05) is 17.4 Å². The van der Waals surface area contributed by atoms with Gasteiger partial charge < -0.3 is 4.57 Å². The van der Waals surface area contributed by atoms with Gasteiger partial charge in [-0.3, -0.25) is 4.79 Å². The van der Waals surface area contributed by atoms with Crippen LogP contribution in [0, 0.1) is 13.8 Å². The normalized spacial score (nSPS) is 14.5. The summed E-state index contributed by atoms with van der Waals surface area (Å²) >= 11 is 3.43. The van der Waals surface area contributed by atoms with Crippen molar-refractivity contribution in [2.75, 3.05) is 12.0 Å². The highest BCUT2D eigenvalue weighted by molar-refractivity contribution is 7.98. The zero-order chi connectivity index (χ0) is 19.7. The van der Waals surface area contributed by atoms with Gasteiger partial charge in [0, 0.05) is 17.9 Å². The lowest BCUT2D eigenvalue weighted by Crippen LogP contribution is -2.18. The van der Waals surface area contributed by atoms with Gasteiger partial charge >= 0.3 is 0 Å². The molecular formula is C23H26N2OS2. The predicted octanol–water partition coefficient (Wildman–Crippen LogP) is 5.30. The van der Waals surface area contributed by atoms with E-state index >= 15 is 0 Å². The lowest BCUT2D eigenvalue weighted by Gasteiger charge is -2.15. The first kappa shape index (κ1) is 19.5. The maximum Gasteiger partial charge on any atom is 0.279 e. The Labute approximate surface area is 174 Å². The van der Waals surface area contributed by atoms with Crippen LogP contribution in [-0.4, -0.2) is 22.5 Å². The number of nitrogens with zero attached hydrogens (tertiary/aromatic N) is 2. The number of carbonyl (C=O) groups is 1. The summed E-state index contributed by atoms with van der Waals surface area (Å²) in [6, 6.07) is 10.6. The smallest absolute Gasteiger partial charge is 0.279 e. The highest BCUT2D eigenvalue weighted by atomic mass is 32.2. The van der Waals surface area contributed by atoms with E-state index in [9.17, 15) is 4.79 Å². The number of benzene rings is 2. The molecule has 0 fully saturated rings. The van der Waals surface area contributed by atoms with Crippen LogP contribution in [0.2, 0.25) is 0 Å². The summed E-state index contributed by atoms with van der Waals surface area (Å²) in [6.07, 6.45) is 6.78. The summed E-state index contributed by atoms with van der Waals surface area (Å²) in [5.41, 5.74) is 7.16. The second kappa shape index (κ2) is 8.26. The first-order valence-corrected chi connectivity index (χ1v) is 12.1. The number of fused-ring (bicyclic) bond motifs is 2. The summed E-state index contributed by atoms with van der Waals surface area (Å²) in [7, 11) is 0. The molecular weight excluding hydrogens is 384 g/mol. The number of aryl methyl sites for hydroxylation is 5. The molecule has 1 heterocycles. The highest BCUT2D eigenvalue weighted by Gasteiger charge is 2.14. The van der Waals surface area contributed by atoms with E-state index < -0.39 is 0 Å². The van der Waals surface area contributed by atoms with Crippen LogP contribution in [0.3, 0.4) is 0 Å². The zero-order valence-electron chi connectivity index (χ0n) is 16.7. The Morgan fingerprint density at radius 2 is 1.86 bits per heavy atom. The van der Waals surface area contributed by atoms with E-state index in [4.69, 9.17) is 0 Å². The molecule has 1 aromatic heterocycles. The fraction of sp³-hybridized carbons (Fsp3) is 0.391. The van der Waals surface area contributed by atoms with Gasteiger partial charge in [-0.2, -0.15) is 16.8 Å². The van der Waals surface area contributed by atoms with Crippen molar-refractivity contribution in [1.82, 2.24) is 4.57 Å². The molecule has 0 N–H and O–H groups in total. The minimum Gasteiger partial charge on any atom is -0.315 e. The van der Waals surface area contributed by atoms with E-state index in [0.717, 1.165) is 29.9 Å². The lowest BCUT2D eigenvalue weighted by atomic mass is 9.90. The van der Waals surface area contributed by atoms with Crippen molar-refractivity contribution in [3.63, 3.8) is 0 Å². The SMILES string of the molecule is CSCCn1c(=NC(=O)c2ccc3c(c2)CCCC3)sc2cc(C)c(C)cc21. The Bertz CT molecular complexity index is 1110. The Balaban J connectivity index is 1.78. The number of carbonyl (C=O) groups excluding carboxylic acids is 1. The van der Waals surface area contributed by atoms with E-state index in [1.807, 2.05) is 17.8 Å². The van der Waals surface area contributed by atoms with Gasteiger partial charge in [0.1, 0.15) is 0 Å². The monoisotopic (exact) mass is 410 g/mol. The van der Waals surface area contributed by atoms with Gasteiger partial charge in [0.25, 0.3) is 5.91 Å². The summed E-state index contributed by atoms with van der Waals surface area (Å²) < 4.78 is 3.40. The van der Waals surface area contributed by atoms with E-state index in [-0.39, 0.29) is 5.91 Å². The second-order valence-electron chi connectivity index (χ2n) is 7.54. The van der Waals surface area contributed by atoms with Crippen LogP contribution in [0.25, 0.3) is 10.2 Å². The molecule has 0 saturated heterocycles. The molecule has 0 unspecified atom stereocenters. The average Bonchev–Trinajstić information content (AvgIpc) is 3.02. The van der Waals surface area contributed by atoms with Crippen LogP contribution in [0.4, 0.5) is 0 Å². The number of aromatic nitrogens is 1. The Morgan fingerprint density at radius 3 is 2.64 bits per heavy atom. The molecule has 0 atom stereocenters. The molecule has 4 rings (SSSR count). The third kappa shape index (κ3) is 3.83. The molecule has 1 aliphatic carbocycles. The standard InChI is InChI=1S/C23H26N2OS2/c1-15-12-20-21(13-16(15)2)28-23(25(20)10-11-27-3)24-22(26)19-9-8-17-6-4-5-7-18(17)14-19/h8-9,12-14H,4-7,10-11H2,1-3H3. The first-order chi connectivity index (χ1) is 13.6. The van der Waals surface area contributed by atoms with Crippen LogP contribution in [0.15, 0.2) is 35.3 Å². The van der Waals surface area contributed by atoms with Crippen molar-refractivity contribution in [2.45, 2.75) is 46.1 Å². The highest BCUT2D eigenvalue weighted by Crippen LogP contribution is 2.24.